The number of carbonyl (C=O) groups excluding carboxylic acids is 1. The third kappa shape index (κ3) is 3.89. The van der Waals surface area contributed by atoms with Gasteiger partial charge in [0.15, 0.2) is 0 Å². The van der Waals surface area contributed by atoms with Gasteiger partial charge in [-0.05, 0) is 51.4 Å². The number of allylic oxidation sites excluding steroid dienone is 2. The molecule has 2 rings (SSSR count). The van der Waals surface area contributed by atoms with Crippen LogP contribution in [0.2, 0.25) is 0 Å². The van der Waals surface area contributed by atoms with Gasteiger partial charge in [0.25, 0.3) is 0 Å². The lowest BCUT2D eigenvalue weighted by molar-refractivity contribution is -0.375. The second kappa shape index (κ2) is 5.81. The third-order valence-corrected chi connectivity index (χ3v) is 4.57. The van der Waals surface area contributed by atoms with Gasteiger partial charge in [-0.15, -0.1) is 0 Å². The monoisotopic (exact) mass is 374 g/mol. The maximum Gasteiger partial charge on any atom is 0.510 e. The highest BCUT2D eigenvalue weighted by molar-refractivity contribution is 5.61. The third-order valence-electron chi connectivity index (χ3n) is 4.57. The summed E-state index contributed by atoms with van der Waals surface area (Å²) in [5.41, 5.74) is -7.17. The summed E-state index contributed by atoms with van der Waals surface area (Å²) in [6.45, 7) is 3.95. The summed E-state index contributed by atoms with van der Waals surface area (Å²) in [6, 6.07) is 0. The molecule has 144 valence electrons. The van der Waals surface area contributed by atoms with Crippen molar-refractivity contribution >= 4 is 6.16 Å². The SMILES string of the molecule is CC(C)(C)OC(=O)OC(CC12C=CC(CC1)C2)(C(F)(F)F)C(F)(F)F. The molecule has 0 aliphatic heterocycles. The zero-order valence-corrected chi connectivity index (χ0v) is 14.1. The van der Waals surface area contributed by atoms with Crippen molar-refractivity contribution in [1.29, 1.82) is 0 Å². The van der Waals surface area contributed by atoms with E-state index in [1.54, 1.807) is 6.08 Å². The van der Waals surface area contributed by atoms with E-state index in [0.29, 0.717) is 6.42 Å². The topological polar surface area (TPSA) is 35.5 Å². The zero-order chi connectivity index (χ0) is 19.3. The molecule has 0 aromatic heterocycles. The number of halogens is 6. The van der Waals surface area contributed by atoms with Crippen molar-refractivity contribution in [2.45, 2.75) is 70.0 Å². The van der Waals surface area contributed by atoms with E-state index in [1.807, 2.05) is 0 Å². The fourth-order valence-corrected chi connectivity index (χ4v) is 3.50. The molecule has 9 heteroatoms. The van der Waals surface area contributed by atoms with Crippen LogP contribution in [0.15, 0.2) is 12.2 Å². The zero-order valence-electron chi connectivity index (χ0n) is 14.1. The van der Waals surface area contributed by atoms with E-state index in [0.717, 1.165) is 0 Å². The summed E-state index contributed by atoms with van der Waals surface area (Å²) >= 11 is 0. The number of hydrogen-bond acceptors (Lipinski definition) is 3. The molecular weight excluding hydrogens is 354 g/mol. The van der Waals surface area contributed by atoms with Crippen molar-refractivity contribution in [3.8, 4) is 0 Å². The molecule has 2 bridgehead atoms. The minimum Gasteiger partial charge on any atom is -0.429 e. The Morgan fingerprint density at radius 2 is 1.64 bits per heavy atom. The summed E-state index contributed by atoms with van der Waals surface area (Å²) in [6.07, 6.45) is -11.1. The summed E-state index contributed by atoms with van der Waals surface area (Å²) in [5, 5.41) is 0. The van der Waals surface area contributed by atoms with Crippen LogP contribution in [0.1, 0.15) is 46.5 Å². The van der Waals surface area contributed by atoms with Crippen molar-refractivity contribution < 1.29 is 40.6 Å². The normalized spacial score (nSPS) is 26.8. The predicted octanol–water partition coefficient (Wildman–Crippen LogP) is 5.55. The van der Waals surface area contributed by atoms with Gasteiger partial charge in [-0.2, -0.15) is 26.3 Å². The van der Waals surface area contributed by atoms with Gasteiger partial charge in [-0.1, -0.05) is 12.2 Å². The predicted molar refractivity (Wildman–Crippen MR) is 75.7 cm³/mol. The van der Waals surface area contributed by atoms with E-state index in [4.69, 9.17) is 0 Å². The van der Waals surface area contributed by atoms with E-state index in [1.165, 1.54) is 26.8 Å². The lowest BCUT2D eigenvalue weighted by Crippen LogP contribution is -2.61. The molecule has 0 N–H and O–H groups in total. The van der Waals surface area contributed by atoms with E-state index >= 15 is 0 Å². The van der Waals surface area contributed by atoms with Gasteiger partial charge in [-0.25, -0.2) is 4.79 Å². The van der Waals surface area contributed by atoms with Gasteiger partial charge in [-0.3, -0.25) is 0 Å². The molecule has 2 unspecified atom stereocenters. The van der Waals surface area contributed by atoms with Crippen molar-refractivity contribution in [2.24, 2.45) is 11.3 Å². The summed E-state index contributed by atoms with van der Waals surface area (Å²) in [7, 11) is 0. The van der Waals surface area contributed by atoms with Crippen LogP contribution in [0.25, 0.3) is 0 Å². The molecule has 0 amide bonds. The van der Waals surface area contributed by atoms with Crippen molar-refractivity contribution in [3.63, 3.8) is 0 Å². The van der Waals surface area contributed by atoms with Crippen LogP contribution in [0, 0.1) is 11.3 Å². The number of alkyl halides is 6. The average molecular weight is 374 g/mol. The number of fused-ring (bicyclic) bond motifs is 2. The highest BCUT2D eigenvalue weighted by Gasteiger charge is 2.76. The van der Waals surface area contributed by atoms with Gasteiger partial charge in [0, 0.05) is 6.42 Å². The van der Waals surface area contributed by atoms with Crippen LogP contribution in [-0.4, -0.2) is 29.7 Å². The molecule has 0 saturated heterocycles. The maximum atomic E-state index is 13.6. The van der Waals surface area contributed by atoms with E-state index in [-0.39, 0.29) is 18.8 Å². The molecule has 2 aliphatic carbocycles. The molecule has 2 atom stereocenters. The largest absolute Gasteiger partial charge is 0.510 e. The molecule has 1 saturated carbocycles. The average Bonchev–Trinajstić information content (AvgIpc) is 2.92. The van der Waals surface area contributed by atoms with Crippen LogP contribution in [0.4, 0.5) is 31.1 Å². The first-order chi connectivity index (χ1) is 11.1. The Morgan fingerprint density at radius 3 is 1.96 bits per heavy atom. The summed E-state index contributed by atoms with van der Waals surface area (Å²) < 4.78 is 89.9. The molecule has 25 heavy (non-hydrogen) atoms. The van der Waals surface area contributed by atoms with E-state index in [9.17, 15) is 31.1 Å². The van der Waals surface area contributed by atoms with Crippen LogP contribution < -0.4 is 0 Å². The van der Waals surface area contributed by atoms with Crippen molar-refractivity contribution in [3.05, 3.63) is 12.2 Å². The Bertz CT molecular complexity index is 544. The minimum absolute atomic E-state index is 0.0271. The summed E-state index contributed by atoms with van der Waals surface area (Å²) in [4.78, 5) is 11.7. The Labute approximate surface area is 141 Å². The number of ether oxygens (including phenoxy) is 2. The standard InChI is InChI=1S/C16H20F6O3/c1-12(2,3)24-11(23)25-14(15(17,18)19,16(20,21)22)9-13-6-4-10(8-13)5-7-13/h4,6,10H,5,7-9H2,1-3H3. The molecule has 0 spiro atoms. The Kier molecular flexibility index (Phi) is 4.62. The highest BCUT2D eigenvalue weighted by atomic mass is 19.4. The molecule has 1 fully saturated rings. The molecule has 0 aromatic rings. The van der Waals surface area contributed by atoms with Crippen LogP contribution >= 0.6 is 0 Å². The van der Waals surface area contributed by atoms with Gasteiger partial charge in [0.05, 0.1) is 0 Å². The number of hydrogen-bond donors (Lipinski definition) is 0. The molecule has 2 aliphatic rings. The first-order valence-corrected chi connectivity index (χ1v) is 7.84. The first-order valence-electron chi connectivity index (χ1n) is 7.84. The van der Waals surface area contributed by atoms with Gasteiger partial charge in [0.2, 0.25) is 0 Å². The minimum atomic E-state index is -5.83. The molecule has 0 heterocycles. The van der Waals surface area contributed by atoms with Gasteiger partial charge >= 0.3 is 24.1 Å². The molecule has 3 nitrogen and oxygen atoms in total. The second-order valence-corrected chi connectivity index (χ2v) is 7.79. The lowest BCUT2D eigenvalue weighted by atomic mass is 9.76. The number of rotatable bonds is 3. The summed E-state index contributed by atoms with van der Waals surface area (Å²) in [5.74, 6) is -0.0271. The van der Waals surface area contributed by atoms with Crippen LogP contribution in [0.3, 0.4) is 0 Å². The van der Waals surface area contributed by atoms with Gasteiger partial charge in [0.1, 0.15) is 5.60 Å². The van der Waals surface area contributed by atoms with Crippen LogP contribution in [0.5, 0.6) is 0 Å². The fourth-order valence-electron chi connectivity index (χ4n) is 3.50. The fraction of sp³-hybridized carbons (Fsp3) is 0.812. The maximum absolute atomic E-state index is 13.6. The lowest BCUT2D eigenvalue weighted by Gasteiger charge is -2.41. The Morgan fingerprint density at radius 1 is 1.08 bits per heavy atom. The van der Waals surface area contributed by atoms with E-state index in [2.05, 4.69) is 9.47 Å². The van der Waals surface area contributed by atoms with Crippen molar-refractivity contribution in [2.75, 3.05) is 0 Å². The van der Waals surface area contributed by atoms with Crippen molar-refractivity contribution in [1.82, 2.24) is 0 Å². The second-order valence-electron chi connectivity index (χ2n) is 7.79. The molecule has 0 radical (unpaired) electrons. The quantitative estimate of drug-likeness (QED) is 0.369. The highest BCUT2D eigenvalue weighted by Crippen LogP contribution is 2.59. The molecular formula is C16H20F6O3. The van der Waals surface area contributed by atoms with E-state index < -0.39 is 41.5 Å². The Balaban J connectivity index is 2.39. The Hall–Kier alpha value is -1.41. The smallest absolute Gasteiger partial charge is 0.429 e. The first kappa shape index (κ1) is 19.9. The van der Waals surface area contributed by atoms with Crippen LogP contribution in [-0.2, 0) is 9.47 Å². The van der Waals surface area contributed by atoms with Gasteiger partial charge < -0.3 is 9.47 Å². The molecule has 0 aromatic carbocycles. The number of carbonyl (C=O) groups is 1.